The molecule has 0 fully saturated rings. The molecule has 0 aliphatic rings. The summed E-state index contributed by atoms with van der Waals surface area (Å²) in [5, 5.41) is 0. The van der Waals surface area contributed by atoms with Gasteiger partial charge >= 0.3 is 6.18 Å². The number of nitrogens with zero attached hydrogens (tertiary/aromatic N) is 1. The summed E-state index contributed by atoms with van der Waals surface area (Å²) in [6, 6.07) is 4.59. The summed E-state index contributed by atoms with van der Waals surface area (Å²) in [6.07, 6.45) is 12.7. The van der Waals surface area contributed by atoms with Crippen molar-refractivity contribution < 1.29 is 18.0 Å². The third-order valence-electron chi connectivity index (χ3n) is 5.81. The topological polar surface area (TPSA) is 20.3 Å². The van der Waals surface area contributed by atoms with Crippen molar-refractivity contribution in [2.24, 2.45) is 0 Å². The molecule has 1 aromatic carbocycles. The zero-order valence-electron chi connectivity index (χ0n) is 19.6. The van der Waals surface area contributed by atoms with Crippen LogP contribution in [0.2, 0.25) is 0 Å². The second-order valence-electron chi connectivity index (χ2n) is 8.61. The number of carbonyl (C=O) groups excluding carboxylic acids is 1. The highest BCUT2D eigenvalue weighted by molar-refractivity contribution is 5.94. The van der Waals surface area contributed by atoms with Gasteiger partial charge in [0.25, 0.3) is 5.91 Å². The lowest BCUT2D eigenvalue weighted by Gasteiger charge is -2.23. The first-order valence-corrected chi connectivity index (χ1v) is 12.4. The van der Waals surface area contributed by atoms with E-state index in [2.05, 4.69) is 13.8 Å². The second-order valence-corrected chi connectivity index (χ2v) is 8.61. The van der Waals surface area contributed by atoms with E-state index in [-0.39, 0.29) is 5.91 Å². The Morgan fingerprint density at radius 3 is 1.55 bits per heavy atom. The summed E-state index contributed by atoms with van der Waals surface area (Å²) in [4.78, 5) is 14.6. The Kier molecular flexibility index (Phi) is 14.3. The van der Waals surface area contributed by atoms with Gasteiger partial charge in [-0.15, -0.1) is 0 Å². The van der Waals surface area contributed by atoms with E-state index in [9.17, 15) is 18.0 Å². The molecule has 0 aromatic heterocycles. The summed E-state index contributed by atoms with van der Waals surface area (Å²) in [5.41, 5.74) is -0.381. The quantitative estimate of drug-likeness (QED) is 0.221. The Morgan fingerprint density at radius 1 is 0.677 bits per heavy atom. The molecule has 0 spiro atoms. The number of hydrogen-bond acceptors (Lipinski definition) is 1. The predicted octanol–water partition coefficient (Wildman–Crippen LogP) is 8.65. The van der Waals surface area contributed by atoms with Crippen LogP contribution in [-0.2, 0) is 6.18 Å². The van der Waals surface area contributed by atoms with Crippen LogP contribution in [0.1, 0.15) is 120 Å². The molecule has 1 aromatic rings. The lowest BCUT2D eigenvalue weighted by molar-refractivity contribution is -0.137. The van der Waals surface area contributed by atoms with E-state index in [0.717, 1.165) is 37.8 Å². The minimum Gasteiger partial charge on any atom is -0.339 e. The molecule has 0 heterocycles. The Hall–Kier alpha value is -1.52. The molecule has 0 radical (unpaired) electrons. The molecular formula is C26H42F3NO. The molecule has 2 nitrogen and oxygen atoms in total. The van der Waals surface area contributed by atoms with Crippen molar-refractivity contribution in [3.05, 3.63) is 35.4 Å². The zero-order chi connectivity index (χ0) is 23.0. The van der Waals surface area contributed by atoms with E-state index in [1.807, 2.05) is 4.90 Å². The molecule has 31 heavy (non-hydrogen) atoms. The maximum atomic E-state index is 12.8. The zero-order valence-corrected chi connectivity index (χ0v) is 19.6. The second kappa shape index (κ2) is 16.2. The van der Waals surface area contributed by atoms with E-state index in [4.69, 9.17) is 0 Å². The SMILES string of the molecule is CCCCCCCCCCCCCCN(CCCC)C(=O)c1ccc(C(F)(F)F)cc1. The molecule has 0 saturated carbocycles. The molecule has 1 amide bonds. The number of unbranched alkanes of at least 4 members (excludes halogenated alkanes) is 12. The van der Waals surface area contributed by atoms with Crippen LogP contribution < -0.4 is 0 Å². The van der Waals surface area contributed by atoms with Crippen LogP contribution in [0, 0.1) is 0 Å². The van der Waals surface area contributed by atoms with Gasteiger partial charge < -0.3 is 4.90 Å². The van der Waals surface area contributed by atoms with Crippen LogP contribution in [-0.4, -0.2) is 23.9 Å². The third-order valence-corrected chi connectivity index (χ3v) is 5.81. The Morgan fingerprint density at radius 2 is 1.10 bits per heavy atom. The monoisotopic (exact) mass is 441 g/mol. The van der Waals surface area contributed by atoms with Crippen LogP contribution in [0.25, 0.3) is 0 Å². The molecule has 178 valence electrons. The van der Waals surface area contributed by atoms with Gasteiger partial charge in [0.05, 0.1) is 5.56 Å². The van der Waals surface area contributed by atoms with E-state index >= 15 is 0 Å². The number of alkyl halides is 3. The van der Waals surface area contributed by atoms with Crippen molar-refractivity contribution in [3.8, 4) is 0 Å². The minimum atomic E-state index is -4.38. The van der Waals surface area contributed by atoms with Crippen molar-refractivity contribution in [2.45, 2.75) is 110 Å². The van der Waals surface area contributed by atoms with Crippen molar-refractivity contribution in [2.75, 3.05) is 13.1 Å². The first-order chi connectivity index (χ1) is 14.9. The van der Waals surface area contributed by atoms with Gasteiger partial charge in [-0.1, -0.05) is 90.9 Å². The first-order valence-electron chi connectivity index (χ1n) is 12.4. The maximum absolute atomic E-state index is 12.8. The number of amides is 1. The minimum absolute atomic E-state index is 0.162. The summed E-state index contributed by atoms with van der Waals surface area (Å²) in [6.45, 7) is 5.66. The summed E-state index contributed by atoms with van der Waals surface area (Å²) in [7, 11) is 0. The highest BCUT2D eigenvalue weighted by Crippen LogP contribution is 2.29. The molecule has 1 rings (SSSR count). The van der Waals surface area contributed by atoms with Crippen LogP contribution in [0.5, 0.6) is 0 Å². The number of rotatable bonds is 17. The van der Waals surface area contributed by atoms with E-state index in [1.165, 1.54) is 76.3 Å². The van der Waals surface area contributed by atoms with Crippen LogP contribution >= 0.6 is 0 Å². The smallest absolute Gasteiger partial charge is 0.339 e. The molecule has 5 heteroatoms. The third kappa shape index (κ3) is 12.2. The molecule has 0 saturated heterocycles. The van der Waals surface area contributed by atoms with Gasteiger partial charge in [0, 0.05) is 18.7 Å². The molecule has 0 atom stereocenters. The Labute approximate surface area is 187 Å². The van der Waals surface area contributed by atoms with E-state index in [1.54, 1.807) is 0 Å². The molecule has 0 unspecified atom stereocenters. The lowest BCUT2D eigenvalue weighted by Crippen LogP contribution is -2.33. The number of hydrogen-bond donors (Lipinski definition) is 0. The summed E-state index contributed by atoms with van der Waals surface area (Å²) < 4.78 is 38.3. The Balaban J connectivity index is 2.30. The predicted molar refractivity (Wildman–Crippen MR) is 123 cm³/mol. The van der Waals surface area contributed by atoms with Crippen molar-refractivity contribution >= 4 is 5.91 Å². The van der Waals surface area contributed by atoms with Crippen molar-refractivity contribution in [3.63, 3.8) is 0 Å². The number of halogens is 3. The van der Waals surface area contributed by atoms with Gasteiger partial charge in [-0.3, -0.25) is 4.79 Å². The fourth-order valence-electron chi connectivity index (χ4n) is 3.79. The summed E-state index contributed by atoms with van der Waals surface area (Å²) in [5.74, 6) is -0.162. The highest BCUT2D eigenvalue weighted by Gasteiger charge is 2.30. The standard InChI is InChI=1S/C26H42F3NO/c1-3-5-7-8-9-10-11-12-13-14-15-16-22-30(21-6-4-2)25(31)23-17-19-24(20-18-23)26(27,28)29/h17-20H,3-16,21-22H2,1-2H3. The van der Waals surface area contributed by atoms with Crippen molar-refractivity contribution in [1.82, 2.24) is 4.90 Å². The van der Waals surface area contributed by atoms with Gasteiger partial charge in [-0.05, 0) is 37.1 Å². The molecule has 0 aliphatic heterocycles. The molecule has 0 aliphatic carbocycles. The van der Waals surface area contributed by atoms with Gasteiger partial charge in [0.2, 0.25) is 0 Å². The molecule has 0 N–H and O–H groups in total. The fourth-order valence-corrected chi connectivity index (χ4v) is 3.79. The Bertz CT molecular complexity index is 583. The molecule has 0 bridgehead atoms. The van der Waals surface area contributed by atoms with Crippen LogP contribution in [0.15, 0.2) is 24.3 Å². The first kappa shape index (κ1) is 27.5. The van der Waals surface area contributed by atoms with Crippen molar-refractivity contribution in [1.29, 1.82) is 0 Å². The highest BCUT2D eigenvalue weighted by atomic mass is 19.4. The van der Waals surface area contributed by atoms with E-state index < -0.39 is 11.7 Å². The van der Waals surface area contributed by atoms with Gasteiger partial charge in [-0.2, -0.15) is 13.2 Å². The van der Waals surface area contributed by atoms with Gasteiger partial charge in [-0.25, -0.2) is 0 Å². The largest absolute Gasteiger partial charge is 0.416 e. The number of carbonyl (C=O) groups is 1. The average Bonchev–Trinajstić information content (AvgIpc) is 2.75. The average molecular weight is 442 g/mol. The lowest BCUT2D eigenvalue weighted by atomic mass is 10.0. The maximum Gasteiger partial charge on any atom is 0.416 e. The van der Waals surface area contributed by atoms with E-state index in [0.29, 0.717) is 18.7 Å². The number of benzene rings is 1. The van der Waals surface area contributed by atoms with Gasteiger partial charge in [0.1, 0.15) is 0 Å². The fraction of sp³-hybridized carbons (Fsp3) is 0.731. The summed E-state index contributed by atoms with van der Waals surface area (Å²) >= 11 is 0. The van der Waals surface area contributed by atoms with Gasteiger partial charge in [0.15, 0.2) is 0 Å². The molecular weight excluding hydrogens is 399 g/mol. The van der Waals surface area contributed by atoms with Crippen LogP contribution in [0.4, 0.5) is 13.2 Å². The normalized spacial score (nSPS) is 11.6. The van der Waals surface area contributed by atoms with Crippen LogP contribution in [0.3, 0.4) is 0 Å².